The Morgan fingerprint density at radius 2 is 1.64 bits per heavy atom. The SMILES string of the molecule is CC(=O)C[C@@H](C=O)NC(=O)CN1C(=O)C(NC(=O)c2ccccc2)CN(C(=O)COC(C)=O)c2ccccc21. The van der Waals surface area contributed by atoms with Crippen LogP contribution in [-0.2, 0) is 33.5 Å². The van der Waals surface area contributed by atoms with E-state index in [4.69, 9.17) is 4.74 Å². The van der Waals surface area contributed by atoms with Crippen LogP contribution in [0.3, 0.4) is 0 Å². The van der Waals surface area contributed by atoms with Crippen LogP contribution in [0, 0.1) is 0 Å². The molecule has 0 bridgehead atoms. The molecular weight excluding hydrogens is 508 g/mol. The number of benzene rings is 2. The molecule has 0 radical (unpaired) electrons. The molecule has 12 heteroatoms. The molecule has 1 unspecified atom stereocenters. The van der Waals surface area contributed by atoms with E-state index in [1.807, 2.05) is 0 Å². The first kappa shape index (κ1) is 28.7. The summed E-state index contributed by atoms with van der Waals surface area (Å²) in [6.07, 6.45) is 0.212. The summed E-state index contributed by atoms with van der Waals surface area (Å²) >= 11 is 0. The first-order valence-corrected chi connectivity index (χ1v) is 12.0. The molecule has 0 spiro atoms. The van der Waals surface area contributed by atoms with Gasteiger partial charge < -0.3 is 25.1 Å². The van der Waals surface area contributed by atoms with E-state index in [2.05, 4.69) is 10.6 Å². The van der Waals surface area contributed by atoms with E-state index in [0.29, 0.717) is 6.29 Å². The van der Waals surface area contributed by atoms with Gasteiger partial charge in [0.1, 0.15) is 24.7 Å². The molecule has 1 aliphatic heterocycles. The van der Waals surface area contributed by atoms with Crippen molar-refractivity contribution in [1.29, 1.82) is 0 Å². The number of nitrogens with zero attached hydrogens (tertiary/aromatic N) is 2. The van der Waals surface area contributed by atoms with Gasteiger partial charge >= 0.3 is 5.97 Å². The summed E-state index contributed by atoms with van der Waals surface area (Å²) in [5.74, 6) is -3.65. The zero-order valence-corrected chi connectivity index (χ0v) is 21.4. The molecule has 4 amide bonds. The van der Waals surface area contributed by atoms with Crippen LogP contribution in [0.4, 0.5) is 11.4 Å². The van der Waals surface area contributed by atoms with Gasteiger partial charge in [-0.1, -0.05) is 30.3 Å². The Balaban J connectivity index is 1.98. The Hall–Kier alpha value is -4.87. The van der Waals surface area contributed by atoms with Crippen LogP contribution in [0.15, 0.2) is 54.6 Å². The monoisotopic (exact) mass is 536 g/mol. The fourth-order valence-corrected chi connectivity index (χ4v) is 4.00. The van der Waals surface area contributed by atoms with Crippen molar-refractivity contribution in [3.8, 4) is 0 Å². The van der Waals surface area contributed by atoms with Gasteiger partial charge in [-0.15, -0.1) is 0 Å². The predicted molar refractivity (Wildman–Crippen MR) is 139 cm³/mol. The van der Waals surface area contributed by atoms with Crippen molar-refractivity contribution < 1.29 is 38.3 Å². The topological polar surface area (TPSA) is 159 Å². The Kier molecular flexibility index (Phi) is 9.63. The fraction of sp³-hybridized carbons (Fsp3) is 0.296. The number of hydrogen-bond acceptors (Lipinski definition) is 8. The first-order chi connectivity index (χ1) is 18.6. The molecule has 0 saturated carbocycles. The predicted octanol–water partition coefficient (Wildman–Crippen LogP) is 0.391. The van der Waals surface area contributed by atoms with Crippen LogP contribution in [0.25, 0.3) is 0 Å². The van der Waals surface area contributed by atoms with Crippen molar-refractivity contribution in [2.45, 2.75) is 32.4 Å². The van der Waals surface area contributed by atoms with Gasteiger partial charge in [0.2, 0.25) is 5.91 Å². The van der Waals surface area contributed by atoms with E-state index in [1.54, 1.807) is 48.5 Å². The van der Waals surface area contributed by atoms with Gasteiger partial charge in [0.25, 0.3) is 17.7 Å². The second kappa shape index (κ2) is 13.1. The van der Waals surface area contributed by atoms with Crippen LogP contribution in [0.5, 0.6) is 0 Å². The third-order valence-electron chi connectivity index (χ3n) is 5.75. The number of carbonyl (C=O) groups is 7. The Labute approximate surface area is 224 Å². The summed E-state index contributed by atoms with van der Waals surface area (Å²) in [6, 6.07) is 12.0. The second-order valence-electron chi connectivity index (χ2n) is 8.81. The minimum Gasteiger partial charge on any atom is -0.456 e. The molecule has 1 aliphatic rings. The van der Waals surface area contributed by atoms with Gasteiger partial charge in [0, 0.05) is 18.9 Å². The van der Waals surface area contributed by atoms with Crippen LogP contribution in [0.1, 0.15) is 30.6 Å². The van der Waals surface area contributed by atoms with Gasteiger partial charge in [0.05, 0.1) is 24.0 Å². The second-order valence-corrected chi connectivity index (χ2v) is 8.81. The first-order valence-electron chi connectivity index (χ1n) is 12.0. The number of para-hydroxylation sites is 2. The number of hydrogen-bond donors (Lipinski definition) is 2. The fourth-order valence-electron chi connectivity index (χ4n) is 4.00. The average Bonchev–Trinajstić information content (AvgIpc) is 3.02. The smallest absolute Gasteiger partial charge is 0.303 e. The molecule has 39 heavy (non-hydrogen) atoms. The van der Waals surface area contributed by atoms with Crippen LogP contribution in [-0.4, -0.2) is 73.4 Å². The van der Waals surface area contributed by atoms with E-state index in [1.165, 1.54) is 17.9 Å². The van der Waals surface area contributed by atoms with Gasteiger partial charge in [-0.25, -0.2) is 0 Å². The van der Waals surface area contributed by atoms with Crippen molar-refractivity contribution in [3.63, 3.8) is 0 Å². The lowest BCUT2D eigenvalue weighted by atomic mass is 10.1. The maximum absolute atomic E-state index is 13.8. The highest BCUT2D eigenvalue weighted by Gasteiger charge is 2.38. The standard InChI is InChI=1S/C27H28N4O8/c1-17(33)12-20(15-32)28-24(35)14-31-23-11-7-6-10-22(23)30(25(36)16-39-18(2)34)13-21(27(31)38)29-26(37)19-8-4-3-5-9-19/h3-11,15,20-21H,12-14,16H2,1-2H3,(H,28,35)(H,29,37)/t20-,21?/m0/s1. The minimum atomic E-state index is -1.29. The molecule has 2 N–H and O–H groups in total. The van der Waals surface area contributed by atoms with E-state index in [9.17, 15) is 33.6 Å². The van der Waals surface area contributed by atoms with E-state index < -0.39 is 54.8 Å². The highest BCUT2D eigenvalue weighted by Crippen LogP contribution is 2.33. The maximum atomic E-state index is 13.8. The number of aldehydes is 1. The molecule has 0 saturated heterocycles. The number of anilines is 2. The summed E-state index contributed by atoms with van der Waals surface area (Å²) < 4.78 is 4.86. The molecule has 0 fully saturated rings. The van der Waals surface area contributed by atoms with Crippen molar-refractivity contribution >= 4 is 53.0 Å². The van der Waals surface area contributed by atoms with Gasteiger partial charge in [-0.05, 0) is 31.2 Å². The van der Waals surface area contributed by atoms with Crippen LogP contribution >= 0.6 is 0 Å². The number of Topliss-reactive ketones (excluding diaryl/α,β-unsaturated/α-hetero) is 1. The number of ether oxygens (including phenoxy) is 1. The molecule has 2 aromatic rings. The Bertz CT molecular complexity index is 1280. The zero-order valence-electron chi connectivity index (χ0n) is 21.4. The van der Waals surface area contributed by atoms with Gasteiger partial charge in [-0.3, -0.25) is 33.7 Å². The van der Waals surface area contributed by atoms with E-state index in [0.717, 1.165) is 11.8 Å². The zero-order chi connectivity index (χ0) is 28.5. The molecule has 3 rings (SSSR count). The van der Waals surface area contributed by atoms with Crippen molar-refractivity contribution in [3.05, 3.63) is 60.2 Å². The summed E-state index contributed by atoms with van der Waals surface area (Å²) in [4.78, 5) is 89.1. The molecule has 1 heterocycles. The van der Waals surface area contributed by atoms with E-state index >= 15 is 0 Å². The summed E-state index contributed by atoms with van der Waals surface area (Å²) in [5.41, 5.74) is 0.689. The number of amides is 4. The number of ketones is 1. The minimum absolute atomic E-state index is 0.180. The third-order valence-corrected chi connectivity index (χ3v) is 5.75. The van der Waals surface area contributed by atoms with Crippen molar-refractivity contribution in [2.75, 3.05) is 29.5 Å². The number of rotatable bonds is 10. The molecular formula is C27H28N4O8. The Morgan fingerprint density at radius 1 is 1.00 bits per heavy atom. The van der Waals surface area contributed by atoms with Crippen molar-refractivity contribution in [1.82, 2.24) is 10.6 Å². The molecule has 2 atom stereocenters. The average molecular weight is 537 g/mol. The highest BCUT2D eigenvalue weighted by atomic mass is 16.5. The molecule has 2 aromatic carbocycles. The van der Waals surface area contributed by atoms with Crippen LogP contribution < -0.4 is 20.4 Å². The number of fused-ring (bicyclic) bond motifs is 1. The lowest BCUT2D eigenvalue weighted by Crippen LogP contribution is -2.55. The maximum Gasteiger partial charge on any atom is 0.303 e. The van der Waals surface area contributed by atoms with Gasteiger partial charge in [0.15, 0.2) is 6.61 Å². The lowest BCUT2D eigenvalue weighted by molar-refractivity contribution is -0.145. The summed E-state index contributed by atoms with van der Waals surface area (Å²) in [7, 11) is 0. The third kappa shape index (κ3) is 7.57. The number of nitrogens with one attached hydrogen (secondary N) is 2. The number of carbonyl (C=O) groups excluding carboxylic acids is 7. The highest BCUT2D eigenvalue weighted by molar-refractivity contribution is 6.11. The quantitative estimate of drug-likeness (QED) is 0.326. The summed E-state index contributed by atoms with van der Waals surface area (Å²) in [5, 5.41) is 5.04. The van der Waals surface area contributed by atoms with E-state index in [-0.39, 0.29) is 35.7 Å². The molecule has 12 nitrogen and oxygen atoms in total. The lowest BCUT2D eigenvalue weighted by Gasteiger charge is -2.25. The Morgan fingerprint density at radius 3 is 2.26 bits per heavy atom. The van der Waals surface area contributed by atoms with Crippen molar-refractivity contribution in [2.24, 2.45) is 0 Å². The molecule has 0 aliphatic carbocycles. The number of esters is 1. The largest absolute Gasteiger partial charge is 0.456 e. The molecule has 0 aromatic heterocycles. The normalized spacial score (nSPS) is 15.3. The molecule has 204 valence electrons. The summed E-state index contributed by atoms with van der Waals surface area (Å²) in [6.45, 7) is 0.938. The van der Waals surface area contributed by atoms with Crippen LogP contribution in [0.2, 0.25) is 0 Å². The van der Waals surface area contributed by atoms with Gasteiger partial charge in [-0.2, -0.15) is 0 Å².